The van der Waals surface area contributed by atoms with Gasteiger partial charge in [0.2, 0.25) is 0 Å². The summed E-state index contributed by atoms with van der Waals surface area (Å²) in [5.41, 5.74) is 0.0464. The molecule has 1 aliphatic heterocycles. The van der Waals surface area contributed by atoms with Gasteiger partial charge in [0.25, 0.3) is 0 Å². The molecule has 8 heteroatoms. The molecule has 0 bridgehead atoms. The summed E-state index contributed by atoms with van der Waals surface area (Å²) in [6.07, 6.45) is -4.19. The SMILES string of the molecule is O=C(CCc1ccc(C(F)(F)F)cc1)CN1CCN(C[C@@H](O)COc2ccccc2)CC1. The standard InChI is InChI=1S/C24H29F3N2O3/c25-24(26,27)20-9-6-19(7-10-20)8-11-21(30)16-28-12-14-29(15-13-28)17-22(31)18-32-23-4-2-1-3-5-23/h1-7,9-10,22,31H,8,11-18H2/t22-/m1/s1. The van der Waals surface area contributed by atoms with Gasteiger partial charge >= 0.3 is 6.18 Å². The topological polar surface area (TPSA) is 53.0 Å². The fourth-order valence-corrected chi connectivity index (χ4v) is 3.66. The van der Waals surface area contributed by atoms with Gasteiger partial charge in [-0.25, -0.2) is 0 Å². The average molecular weight is 451 g/mol. The van der Waals surface area contributed by atoms with Crippen molar-refractivity contribution in [1.82, 2.24) is 9.80 Å². The zero-order valence-electron chi connectivity index (χ0n) is 17.9. The number of para-hydroxylation sites is 1. The van der Waals surface area contributed by atoms with Crippen molar-refractivity contribution in [2.24, 2.45) is 0 Å². The molecule has 0 aliphatic carbocycles. The van der Waals surface area contributed by atoms with Gasteiger partial charge in [-0.2, -0.15) is 13.2 Å². The summed E-state index contributed by atoms with van der Waals surface area (Å²) in [4.78, 5) is 16.5. The van der Waals surface area contributed by atoms with Crippen LogP contribution in [0.3, 0.4) is 0 Å². The molecule has 1 heterocycles. The highest BCUT2D eigenvalue weighted by atomic mass is 19.4. The molecule has 1 N–H and O–H groups in total. The van der Waals surface area contributed by atoms with Crippen molar-refractivity contribution in [1.29, 1.82) is 0 Å². The highest BCUT2D eigenvalue weighted by molar-refractivity contribution is 5.80. The lowest BCUT2D eigenvalue weighted by Crippen LogP contribution is -2.50. The van der Waals surface area contributed by atoms with Crippen molar-refractivity contribution < 1.29 is 27.8 Å². The number of ether oxygens (including phenoxy) is 1. The Morgan fingerprint density at radius 1 is 0.969 bits per heavy atom. The van der Waals surface area contributed by atoms with Crippen LogP contribution in [0.5, 0.6) is 5.75 Å². The zero-order chi connectivity index (χ0) is 23.0. The Labute approximate surface area is 186 Å². The molecule has 0 spiro atoms. The molecule has 174 valence electrons. The molecule has 0 unspecified atom stereocenters. The highest BCUT2D eigenvalue weighted by Gasteiger charge is 2.30. The van der Waals surface area contributed by atoms with E-state index >= 15 is 0 Å². The molecule has 2 aromatic rings. The van der Waals surface area contributed by atoms with E-state index in [0.29, 0.717) is 25.9 Å². The molecule has 0 aromatic heterocycles. The van der Waals surface area contributed by atoms with Gasteiger partial charge in [-0.1, -0.05) is 30.3 Å². The van der Waals surface area contributed by atoms with Crippen LogP contribution >= 0.6 is 0 Å². The smallest absolute Gasteiger partial charge is 0.416 e. The molecule has 5 nitrogen and oxygen atoms in total. The van der Waals surface area contributed by atoms with Crippen LogP contribution in [0.25, 0.3) is 0 Å². The fraction of sp³-hybridized carbons (Fsp3) is 0.458. The maximum absolute atomic E-state index is 12.6. The molecule has 0 amide bonds. The number of β-amino-alcohol motifs (C(OH)–C–C–N with tert-alkyl or cyclic N) is 1. The molecule has 0 radical (unpaired) electrons. The number of carbonyl (C=O) groups excluding carboxylic acids is 1. The molecule has 0 saturated carbocycles. The minimum atomic E-state index is -4.35. The van der Waals surface area contributed by atoms with Crippen molar-refractivity contribution in [3.05, 3.63) is 65.7 Å². The number of halogens is 3. The van der Waals surface area contributed by atoms with E-state index in [4.69, 9.17) is 4.74 Å². The van der Waals surface area contributed by atoms with Gasteiger partial charge in [-0.05, 0) is 36.2 Å². The van der Waals surface area contributed by atoms with E-state index < -0.39 is 17.8 Å². The summed E-state index contributed by atoms with van der Waals surface area (Å²) in [5.74, 6) is 0.806. The number of aliphatic hydroxyl groups excluding tert-OH is 1. The van der Waals surface area contributed by atoms with Crippen LogP contribution in [0, 0.1) is 0 Å². The number of alkyl halides is 3. The Hall–Kier alpha value is -2.42. The monoisotopic (exact) mass is 450 g/mol. The van der Waals surface area contributed by atoms with Crippen molar-refractivity contribution in [3.8, 4) is 5.75 Å². The molecule has 1 aliphatic rings. The van der Waals surface area contributed by atoms with Gasteiger partial charge in [-0.15, -0.1) is 0 Å². The molecular weight excluding hydrogens is 421 g/mol. The summed E-state index contributed by atoms with van der Waals surface area (Å²) in [6.45, 7) is 4.07. The number of benzene rings is 2. The fourth-order valence-electron chi connectivity index (χ4n) is 3.66. The van der Waals surface area contributed by atoms with E-state index in [2.05, 4.69) is 9.80 Å². The number of ketones is 1. The number of nitrogens with zero attached hydrogens (tertiary/aromatic N) is 2. The van der Waals surface area contributed by atoms with Gasteiger partial charge in [-0.3, -0.25) is 14.6 Å². The summed E-state index contributed by atoms with van der Waals surface area (Å²) in [5, 5.41) is 10.2. The van der Waals surface area contributed by atoms with Crippen LogP contribution < -0.4 is 4.74 Å². The third kappa shape index (κ3) is 7.93. The Balaban J connectivity index is 1.31. The number of piperazine rings is 1. The van der Waals surface area contributed by atoms with Crippen LogP contribution in [-0.4, -0.2) is 72.7 Å². The number of Topliss-reactive ketones (excluding diaryl/α,β-unsaturated/α-hetero) is 1. The summed E-state index contributed by atoms with van der Waals surface area (Å²) < 4.78 is 43.4. The van der Waals surface area contributed by atoms with Crippen LogP contribution in [-0.2, 0) is 17.4 Å². The molecular formula is C24H29F3N2O3. The Morgan fingerprint density at radius 3 is 2.22 bits per heavy atom. The largest absolute Gasteiger partial charge is 0.491 e. The maximum atomic E-state index is 12.6. The Morgan fingerprint density at radius 2 is 1.59 bits per heavy atom. The minimum Gasteiger partial charge on any atom is -0.491 e. The van der Waals surface area contributed by atoms with E-state index in [9.17, 15) is 23.1 Å². The average Bonchev–Trinajstić information content (AvgIpc) is 2.78. The number of rotatable bonds is 10. The lowest BCUT2D eigenvalue weighted by Gasteiger charge is -2.35. The van der Waals surface area contributed by atoms with E-state index in [1.807, 2.05) is 30.3 Å². The second-order valence-electron chi connectivity index (χ2n) is 8.09. The van der Waals surface area contributed by atoms with E-state index in [0.717, 1.165) is 49.6 Å². The third-order valence-electron chi connectivity index (χ3n) is 5.49. The van der Waals surface area contributed by atoms with Crippen LogP contribution in [0.1, 0.15) is 17.5 Å². The second kappa shape index (κ2) is 11.4. The predicted molar refractivity (Wildman–Crippen MR) is 116 cm³/mol. The van der Waals surface area contributed by atoms with Crippen molar-refractivity contribution in [2.45, 2.75) is 25.1 Å². The lowest BCUT2D eigenvalue weighted by molar-refractivity contribution is -0.137. The maximum Gasteiger partial charge on any atom is 0.416 e. The summed E-state index contributed by atoms with van der Waals surface area (Å²) in [6, 6.07) is 14.3. The first-order valence-corrected chi connectivity index (χ1v) is 10.8. The number of aliphatic hydroxyl groups is 1. The van der Waals surface area contributed by atoms with Gasteiger partial charge in [0.05, 0.1) is 12.1 Å². The zero-order valence-corrected chi connectivity index (χ0v) is 17.9. The van der Waals surface area contributed by atoms with Gasteiger partial charge in [0.1, 0.15) is 24.2 Å². The van der Waals surface area contributed by atoms with E-state index in [-0.39, 0.29) is 12.4 Å². The van der Waals surface area contributed by atoms with Gasteiger partial charge in [0, 0.05) is 39.1 Å². The van der Waals surface area contributed by atoms with Gasteiger partial charge in [0.15, 0.2) is 0 Å². The van der Waals surface area contributed by atoms with Crippen LogP contribution in [0.4, 0.5) is 13.2 Å². The molecule has 1 atom stereocenters. The first-order valence-electron chi connectivity index (χ1n) is 10.8. The van der Waals surface area contributed by atoms with E-state index in [1.54, 1.807) is 0 Å². The Kier molecular flexibility index (Phi) is 8.67. The number of hydrogen-bond donors (Lipinski definition) is 1. The normalized spacial score (nSPS) is 16.6. The molecule has 2 aromatic carbocycles. The summed E-state index contributed by atoms with van der Waals surface area (Å²) >= 11 is 0. The van der Waals surface area contributed by atoms with Crippen LogP contribution in [0.15, 0.2) is 54.6 Å². The summed E-state index contributed by atoms with van der Waals surface area (Å²) in [7, 11) is 0. The number of aryl methyl sites for hydroxylation is 1. The van der Waals surface area contributed by atoms with Crippen LogP contribution in [0.2, 0.25) is 0 Å². The van der Waals surface area contributed by atoms with Crippen molar-refractivity contribution in [2.75, 3.05) is 45.9 Å². The molecule has 3 rings (SSSR count). The van der Waals surface area contributed by atoms with E-state index in [1.165, 1.54) is 12.1 Å². The second-order valence-corrected chi connectivity index (χ2v) is 8.09. The van der Waals surface area contributed by atoms with Crippen molar-refractivity contribution in [3.63, 3.8) is 0 Å². The lowest BCUT2D eigenvalue weighted by atomic mass is 10.0. The van der Waals surface area contributed by atoms with Gasteiger partial charge < -0.3 is 9.84 Å². The molecule has 1 fully saturated rings. The van der Waals surface area contributed by atoms with Crippen molar-refractivity contribution >= 4 is 5.78 Å². The minimum absolute atomic E-state index is 0.0784. The highest BCUT2D eigenvalue weighted by Crippen LogP contribution is 2.29. The third-order valence-corrected chi connectivity index (χ3v) is 5.49. The molecule has 32 heavy (non-hydrogen) atoms. The quantitative estimate of drug-likeness (QED) is 0.602. The first kappa shape index (κ1) is 24.2. The Bertz CT molecular complexity index is 836. The number of hydrogen-bond acceptors (Lipinski definition) is 5. The molecule has 1 saturated heterocycles. The first-order chi connectivity index (χ1) is 15.3. The number of carbonyl (C=O) groups is 1. The predicted octanol–water partition coefficient (Wildman–Crippen LogP) is 3.26.